The predicted molar refractivity (Wildman–Crippen MR) is 144 cm³/mol. The van der Waals surface area contributed by atoms with Crippen molar-refractivity contribution >= 4 is 11.6 Å². The Balaban J connectivity index is 1.66. The maximum atomic E-state index is 4.82. The number of nitrogens with zero attached hydrogens (tertiary/aromatic N) is 2. The summed E-state index contributed by atoms with van der Waals surface area (Å²) >= 11 is 0. The zero-order valence-corrected chi connectivity index (χ0v) is 21.6. The maximum Gasteiger partial charge on any atom is 0.131 e. The van der Waals surface area contributed by atoms with Gasteiger partial charge in [0.25, 0.3) is 0 Å². The lowest BCUT2D eigenvalue weighted by Gasteiger charge is -2.09. The second-order valence-electron chi connectivity index (χ2n) is 9.60. The number of anilines is 2. The highest BCUT2D eigenvalue weighted by atomic mass is 15.1. The molecule has 0 spiro atoms. The number of aromatic nitrogens is 2. The number of hydrogen-bond acceptors (Lipinski definition) is 3. The number of nitrogens with one attached hydrogen (secondary N) is 1. The molecular weight excluding hydrogens is 402 g/mol. The molecule has 0 aliphatic carbocycles. The van der Waals surface area contributed by atoms with Gasteiger partial charge >= 0.3 is 0 Å². The first-order valence-electron chi connectivity index (χ1n) is 14.0. The van der Waals surface area contributed by atoms with E-state index in [-0.39, 0.29) is 0 Å². The first-order valence-corrected chi connectivity index (χ1v) is 14.0. The molecule has 184 valence electrons. The van der Waals surface area contributed by atoms with E-state index in [1.165, 1.54) is 114 Å². The van der Waals surface area contributed by atoms with Crippen LogP contribution < -0.4 is 5.32 Å². The summed E-state index contributed by atoms with van der Waals surface area (Å²) in [5, 5.41) is 3.42. The average molecular weight is 452 g/mol. The molecule has 0 atom stereocenters. The summed E-state index contributed by atoms with van der Waals surface area (Å²) in [6.45, 7) is 4.56. The fourth-order valence-electron chi connectivity index (χ4n) is 4.39. The van der Waals surface area contributed by atoms with Crippen LogP contribution in [0.3, 0.4) is 0 Å². The molecule has 0 amide bonds. The summed E-state index contributed by atoms with van der Waals surface area (Å²) in [6.07, 6.45) is 23.8. The van der Waals surface area contributed by atoms with E-state index in [4.69, 9.17) is 9.97 Å². The van der Waals surface area contributed by atoms with Crippen molar-refractivity contribution in [3.63, 3.8) is 0 Å². The Morgan fingerprint density at radius 2 is 0.848 bits per heavy atom. The van der Waals surface area contributed by atoms with Gasteiger partial charge in [-0.25, -0.2) is 9.97 Å². The van der Waals surface area contributed by atoms with Crippen molar-refractivity contribution in [2.24, 2.45) is 0 Å². The van der Waals surface area contributed by atoms with E-state index in [1.54, 1.807) is 0 Å². The SMILES string of the molecule is CCCCCCCCCCc1cccc(Nc2cccc(CCCCCCCCCC)n2)n1. The number of aryl methyl sites for hydroxylation is 2. The van der Waals surface area contributed by atoms with E-state index in [1.807, 2.05) is 12.1 Å². The molecule has 3 nitrogen and oxygen atoms in total. The van der Waals surface area contributed by atoms with Gasteiger partial charge in [-0.05, 0) is 49.9 Å². The second kappa shape index (κ2) is 18.5. The van der Waals surface area contributed by atoms with Crippen LogP contribution in [0.15, 0.2) is 36.4 Å². The molecule has 1 N–H and O–H groups in total. The Bertz CT molecular complexity index is 666. The van der Waals surface area contributed by atoms with Crippen molar-refractivity contribution in [2.75, 3.05) is 5.32 Å². The van der Waals surface area contributed by atoms with Gasteiger partial charge in [0.15, 0.2) is 0 Å². The molecule has 2 aromatic heterocycles. The lowest BCUT2D eigenvalue weighted by Crippen LogP contribution is -2.00. The van der Waals surface area contributed by atoms with Crippen LogP contribution in [0.25, 0.3) is 0 Å². The summed E-state index contributed by atoms with van der Waals surface area (Å²) in [4.78, 5) is 9.64. The molecule has 0 unspecified atom stereocenters. The first-order chi connectivity index (χ1) is 16.3. The fraction of sp³-hybridized carbons (Fsp3) is 0.667. The van der Waals surface area contributed by atoms with Gasteiger partial charge in [-0.2, -0.15) is 0 Å². The van der Waals surface area contributed by atoms with Crippen LogP contribution in [-0.2, 0) is 12.8 Å². The number of rotatable bonds is 20. The minimum absolute atomic E-state index is 0.906. The van der Waals surface area contributed by atoms with Gasteiger partial charge in [0, 0.05) is 11.4 Å². The third-order valence-corrected chi connectivity index (χ3v) is 6.44. The van der Waals surface area contributed by atoms with Crippen molar-refractivity contribution in [2.45, 2.75) is 129 Å². The van der Waals surface area contributed by atoms with Crippen LogP contribution in [-0.4, -0.2) is 9.97 Å². The Kier molecular flexibility index (Phi) is 15.3. The van der Waals surface area contributed by atoms with Gasteiger partial charge in [-0.1, -0.05) is 116 Å². The Labute approximate surface area is 204 Å². The molecule has 0 saturated carbocycles. The van der Waals surface area contributed by atoms with Crippen LogP contribution in [0, 0.1) is 0 Å². The smallest absolute Gasteiger partial charge is 0.131 e. The molecule has 2 heterocycles. The van der Waals surface area contributed by atoms with Gasteiger partial charge in [-0.15, -0.1) is 0 Å². The first kappa shape index (κ1) is 27.3. The minimum atomic E-state index is 0.906. The van der Waals surface area contributed by atoms with E-state index >= 15 is 0 Å². The van der Waals surface area contributed by atoms with Crippen molar-refractivity contribution in [3.8, 4) is 0 Å². The van der Waals surface area contributed by atoms with Crippen molar-refractivity contribution in [3.05, 3.63) is 47.8 Å². The third kappa shape index (κ3) is 13.4. The molecule has 0 radical (unpaired) electrons. The predicted octanol–water partition coefficient (Wildman–Crippen LogP) is 9.59. The van der Waals surface area contributed by atoms with Crippen molar-refractivity contribution in [1.82, 2.24) is 9.97 Å². The van der Waals surface area contributed by atoms with Crippen LogP contribution >= 0.6 is 0 Å². The second-order valence-corrected chi connectivity index (χ2v) is 9.60. The van der Waals surface area contributed by atoms with Gasteiger partial charge in [0.1, 0.15) is 11.6 Å². The normalized spacial score (nSPS) is 11.1. The van der Waals surface area contributed by atoms with Crippen LogP contribution in [0.1, 0.15) is 128 Å². The van der Waals surface area contributed by atoms with Crippen LogP contribution in [0.4, 0.5) is 11.6 Å². The van der Waals surface area contributed by atoms with Gasteiger partial charge in [-0.3, -0.25) is 0 Å². The monoisotopic (exact) mass is 451 g/mol. The van der Waals surface area contributed by atoms with Gasteiger partial charge in [0.05, 0.1) is 0 Å². The van der Waals surface area contributed by atoms with Gasteiger partial charge < -0.3 is 5.32 Å². The fourth-order valence-corrected chi connectivity index (χ4v) is 4.39. The molecule has 0 bridgehead atoms. The number of unbranched alkanes of at least 4 members (excludes halogenated alkanes) is 14. The summed E-state index contributed by atoms with van der Waals surface area (Å²) in [6, 6.07) is 12.6. The Hall–Kier alpha value is -1.90. The molecule has 3 heteroatoms. The Morgan fingerprint density at radius 1 is 0.485 bits per heavy atom. The molecule has 0 aromatic carbocycles. The topological polar surface area (TPSA) is 37.8 Å². The maximum absolute atomic E-state index is 4.82. The largest absolute Gasteiger partial charge is 0.325 e. The molecule has 0 aliphatic rings. The van der Waals surface area contributed by atoms with E-state index < -0.39 is 0 Å². The highest BCUT2D eigenvalue weighted by Gasteiger charge is 2.03. The lowest BCUT2D eigenvalue weighted by molar-refractivity contribution is 0.574. The molecule has 2 rings (SSSR count). The molecule has 0 aliphatic heterocycles. The highest BCUT2D eigenvalue weighted by molar-refractivity contribution is 5.51. The van der Waals surface area contributed by atoms with E-state index in [2.05, 4.69) is 43.4 Å². The Morgan fingerprint density at radius 3 is 1.24 bits per heavy atom. The third-order valence-electron chi connectivity index (χ3n) is 6.44. The molecule has 2 aromatic rings. The quantitative estimate of drug-likeness (QED) is 0.204. The van der Waals surface area contributed by atoms with E-state index in [0.717, 1.165) is 24.5 Å². The minimum Gasteiger partial charge on any atom is -0.325 e. The van der Waals surface area contributed by atoms with Gasteiger partial charge in [0.2, 0.25) is 0 Å². The molecule has 0 saturated heterocycles. The zero-order valence-electron chi connectivity index (χ0n) is 21.6. The number of pyridine rings is 2. The average Bonchev–Trinajstić information content (AvgIpc) is 2.83. The zero-order chi connectivity index (χ0) is 23.4. The molecule has 33 heavy (non-hydrogen) atoms. The molecule has 0 fully saturated rings. The summed E-state index contributed by atoms with van der Waals surface area (Å²) in [5.74, 6) is 1.81. The molecular formula is C30H49N3. The van der Waals surface area contributed by atoms with E-state index in [0.29, 0.717) is 0 Å². The van der Waals surface area contributed by atoms with Crippen LogP contribution in [0.2, 0.25) is 0 Å². The highest BCUT2D eigenvalue weighted by Crippen LogP contribution is 2.17. The van der Waals surface area contributed by atoms with Crippen LogP contribution in [0.5, 0.6) is 0 Å². The number of hydrogen-bond donors (Lipinski definition) is 1. The summed E-state index contributed by atoms with van der Waals surface area (Å²) in [5.41, 5.74) is 2.36. The summed E-state index contributed by atoms with van der Waals surface area (Å²) < 4.78 is 0. The van der Waals surface area contributed by atoms with Crippen molar-refractivity contribution < 1.29 is 0 Å². The lowest BCUT2D eigenvalue weighted by atomic mass is 10.1. The standard InChI is InChI=1S/C30H49N3/c1-3-5-7-9-11-13-15-17-21-27-23-19-25-29(31-27)33-30-26-20-24-28(32-30)22-18-16-14-12-10-8-6-4-2/h19-20,23-26H,3-18,21-22H2,1-2H3,(H,31,32,33). The summed E-state index contributed by atoms with van der Waals surface area (Å²) in [7, 11) is 0. The van der Waals surface area contributed by atoms with E-state index in [9.17, 15) is 0 Å². The van der Waals surface area contributed by atoms with Crippen molar-refractivity contribution in [1.29, 1.82) is 0 Å².